The van der Waals surface area contributed by atoms with Crippen molar-refractivity contribution in [3.8, 4) is 17.1 Å². The van der Waals surface area contributed by atoms with E-state index in [9.17, 15) is 4.79 Å². The van der Waals surface area contributed by atoms with Crippen molar-refractivity contribution >= 4 is 28.4 Å². The van der Waals surface area contributed by atoms with Crippen LogP contribution in [0.1, 0.15) is 15.9 Å². The molecular formula is C28H26N6O2. The summed E-state index contributed by atoms with van der Waals surface area (Å²) in [5.41, 5.74) is 4.38. The molecule has 8 nitrogen and oxygen atoms in total. The standard InChI is InChI=1S/C28H26N6O2/c1-19-10-12-20(13-11-19)27(35)32-14-16-33(17-15-32)28-29-24-9-4-3-8-23(24)26-31-30-25(34(26)28)21-6-5-7-22(18-21)36-2/h3-13,18H,14-17H2,1-2H3. The number of nitrogens with zero attached hydrogens (tertiary/aromatic N) is 6. The Kier molecular flexibility index (Phi) is 5.48. The number of rotatable bonds is 4. The molecule has 0 unspecified atom stereocenters. The fourth-order valence-corrected chi connectivity index (χ4v) is 4.72. The largest absolute Gasteiger partial charge is 0.497 e. The molecule has 36 heavy (non-hydrogen) atoms. The maximum atomic E-state index is 13.1. The zero-order chi connectivity index (χ0) is 24.6. The van der Waals surface area contributed by atoms with E-state index in [0.717, 1.165) is 44.9 Å². The van der Waals surface area contributed by atoms with Crippen molar-refractivity contribution in [2.45, 2.75) is 6.92 Å². The summed E-state index contributed by atoms with van der Waals surface area (Å²) in [4.78, 5) is 22.2. The van der Waals surface area contributed by atoms with E-state index in [1.165, 1.54) is 0 Å². The molecule has 0 aliphatic carbocycles. The second-order valence-corrected chi connectivity index (χ2v) is 8.99. The van der Waals surface area contributed by atoms with Crippen LogP contribution in [0, 0.1) is 6.92 Å². The van der Waals surface area contributed by atoms with Crippen LogP contribution in [0.3, 0.4) is 0 Å². The highest BCUT2D eigenvalue weighted by Gasteiger charge is 2.26. The van der Waals surface area contributed by atoms with Gasteiger partial charge in [-0.2, -0.15) is 0 Å². The Hall–Kier alpha value is -4.46. The van der Waals surface area contributed by atoms with Crippen molar-refractivity contribution in [3.05, 3.63) is 83.9 Å². The van der Waals surface area contributed by atoms with Crippen molar-refractivity contribution in [1.29, 1.82) is 0 Å². The number of amides is 1. The lowest BCUT2D eigenvalue weighted by Crippen LogP contribution is -2.49. The third-order valence-corrected chi connectivity index (χ3v) is 6.70. The van der Waals surface area contributed by atoms with Gasteiger partial charge in [0, 0.05) is 42.7 Å². The van der Waals surface area contributed by atoms with Gasteiger partial charge in [0.15, 0.2) is 11.5 Å². The highest BCUT2D eigenvalue weighted by Crippen LogP contribution is 2.30. The SMILES string of the molecule is COc1cccc(-c2nnc3c4ccccc4nc(N4CCN(C(=O)c5ccc(C)cc5)CC4)n23)c1. The quantitative estimate of drug-likeness (QED) is 0.385. The summed E-state index contributed by atoms with van der Waals surface area (Å²) in [7, 11) is 1.65. The predicted molar refractivity (Wildman–Crippen MR) is 140 cm³/mol. The summed E-state index contributed by atoms with van der Waals surface area (Å²) < 4.78 is 7.46. The van der Waals surface area contributed by atoms with Gasteiger partial charge in [0.1, 0.15) is 5.75 Å². The number of methoxy groups -OCH3 is 1. The summed E-state index contributed by atoms with van der Waals surface area (Å²) in [5, 5.41) is 10.1. The van der Waals surface area contributed by atoms with E-state index in [2.05, 4.69) is 15.1 Å². The van der Waals surface area contributed by atoms with E-state index in [-0.39, 0.29) is 5.91 Å². The molecule has 0 spiro atoms. The molecule has 1 fully saturated rings. The molecule has 6 rings (SSSR count). The molecule has 8 heteroatoms. The monoisotopic (exact) mass is 478 g/mol. The number of para-hydroxylation sites is 1. The molecule has 2 aromatic heterocycles. The smallest absolute Gasteiger partial charge is 0.253 e. The number of hydrogen-bond acceptors (Lipinski definition) is 6. The Morgan fingerprint density at radius 3 is 2.44 bits per heavy atom. The van der Waals surface area contributed by atoms with E-state index < -0.39 is 0 Å². The molecule has 3 heterocycles. The lowest BCUT2D eigenvalue weighted by atomic mass is 10.1. The fraction of sp³-hybridized carbons (Fsp3) is 0.214. The molecule has 1 saturated heterocycles. The molecule has 0 bridgehead atoms. The molecule has 3 aromatic carbocycles. The minimum atomic E-state index is 0.0626. The summed E-state index contributed by atoms with van der Waals surface area (Å²) >= 11 is 0. The van der Waals surface area contributed by atoms with Gasteiger partial charge in [0.2, 0.25) is 5.95 Å². The molecule has 180 valence electrons. The van der Waals surface area contributed by atoms with Gasteiger partial charge in [0.25, 0.3) is 5.91 Å². The van der Waals surface area contributed by atoms with Crippen LogP contribution in [-0.4, -0.2) is 63.7 Å². The number of piperazine rings is 1. The van der Waals surface area contributed by atoms with Crippen LogP contribution < -0.4 is 9.64 Å². The summed E-state index contributed by atoms with van der Waals surface area (Å²) in [6, 6.07) is 23.5. The normalized spacial score (nSPS) is 13.9. The third kappa shape index (κ3) is 3.80. The van der Waals surface area contributed by atoms with E-state index in [1.54, 1.807) is 7.11 Å². The Morgan fingerprint density at radius 2 is 1.67 bits per heavy atom. The first kappa shape index (κ1) is 22.0. The first-order valence-corrected chi connectivity index (χ1v) is 12.0. The Morgan fingerprint density at radius 1 is 0.889 bits per heavy atom. The van der Waals surface area contributed by atoms with E-state index in [0.29, 0.717) is 32.0 Å². The van der Waals surface area contributed by atoms with Crippen LogP contribution in [0.2, 0.25) is 0 Å². The van der Waals surface area contributed by atoms with Gasteiger partial charge in [-0.05, 0) is 43.3 Å². The Balaban J connectivity index is 1.38. The van der Waals surface area contributed by atoms with Crippen molar-refractivity contribution < 1.29 is 9.53 Å². The number of anilines is 1. The highest BCUT2D eigenvalue weighted by atomic mass is 16.5. The number of carbonyl (C=O) groups is 1. The molecule has 1 amide bonds. The summed E-state index contributed by atoms with van der Waals surface area (Å²) in [6.07, 6.45) is 0. The van der Waals surface area contributed by atoms with Gasteiger partial charge in [0.05, 0.1) is 12.6 Å². The number of benzene rings is 3. The first-order chi connectivity index (χ1) is 17.6. The molecule has 0 radical (unpaired) electrons. The van der Waals surface area contributed by atoms with Crippen LogP contribution in [0.15, 0.2) is 72.8 Å². The number of fused-ring (bicyclic) bond motifs is 3. The average Bonchev–Trinajstić information content (AvgIpc) is 3.38. The second-order valence-electron chi connectivity index (χ2n) is 8.99. The summed E-state index contributed by atoms with van der Waals surface area (Å²) in [5.74, 6) is 2.29. The molecule has 1 aliphatic rings. The number of ether oxygens (including phenoxy) is 1. The minimum absolute atomic E-state index is 0.0626. The topological polar surface area (TPSA) is 75.9 Å². The van der Waals surface area contributed by atoms with Gasteiger partial charge < -0.3 is 14.5 Å². The maximum absolute atomic E-state index is 13.1. The van der Waals surface area contributed by atoms with Crippen molar-refractivity contribution in [2.75, 3.05) is 38.2 Å². The summed E-state index contributed by atoms with van der Waals surface area (Å²) in [6.45, 7) is 4.56. The van der Waals surface area contributed by atoms with Gasteiger partial charge in [-0.15, -0.1) is 10.2 Å². The fourth-order valence-electron chi connectivity index (χ4n) is 4.72. The Labute approximate surface area is 208 Å². The lowest BCUT2D eigenvalue weighted by molar-refractivity contribution is 0.0746. The van der Waals surface area contributed by atoms with Crippen LogP contribution in [0.5, 0.6) is 5.75 Å². The molecule has 0 saturated carbocycles. The van der Waals surface area contributed by atoms with Gasteiger partial charge >= 0.3 is 0 Å². The van der Waals surface area contributed by atoms with Crippen LogP contribution in [-0.2, 0) is 0 Å². The van der Waals surface area contributed by atoms with Crippen molar-refractivity contribution in [3.63, 3.8) is 0 Å². The highest BCUT2D eigenvalue weighted by molar-refractivity contribution is 5.95. The third-order valence-electron chi connectivity index (χ3n) is 6.70. The van der Waals surface area contributed by atoms with Crippen LogP contribution >= 0.6 is 0 Å². The number of aromatic nitrogens is 4. The lowest BCUT2D eigenvalue weighted by Gasteiger charge is -2.35. The van der Waals surface area contributed by atoms with Gasteiger partial charge in [-0.3, -0.25) is 4.79 Å². The average molecular weight is 479 g/mol. The zero-order valence-electron chi connectivity index (χ0n) is 20.3. The first-order valence-electron chi connectivity index (χ1n) is 12.0. The number of aryl methyl sites for hydroxylation is 1. The van der Waals surface area contributed by atoms with Crippen LogP contribution in [0.25, 0.3) is 27.9 Å². The van der Waals surface area contributed by atoms with E-state index in [4.69, 9.17) is 9.72 Å². The molecular weight excluding hydrogens is 452 g/mol. The minimum Gasteiger partial charge on any atom is -0.497 e. The molecule has 1 aliphatic heterocycles. The molecule has 0 atom stereocenters. The number of carbonyl (C=O) groups excluding carboxylic acids is 1. The second kappa shape index (κ2) is 8.96. The van der Waals surface area contributed by atoms with Crippen molar-refractivity contribution in [1.82, 2.24) is 24.5 Å². The molecule has 0 N–H and O–H groups in total. The number of hydrogen-bond donors (Lipinski definition) is 0. The van der Waals surface area contributed by atoms with Crippen LogP contribution in [0.4, 0.5) is 5.95 Å². The van der Waals surface area contributed by atoms with Gasteiger partial charge in [-0.25, -0.2) is 9.38 Å². The van der Waals surface area contributed by atoms with Crippen molar-refractivity contribution in [2.24, 2.45) is 0 Å². The predicted octanol–water partition coefficient (Wildman–Crippen LogP) is 4.22. The molecule has 5 aromatic rings. The maximum Gasteiger partial charge on any atom is 0.253 e. The zero-order valence-corrected chi connectivity index (χ0v) is 20.3. The van der Waals surface area contributed by atoms with Gasteiger partial charge in [-0.1, -0.05) is 42.0 Å². The van der Waals surface area contributed by atoms with E-state index >= 15 is 0 Å². The van der Waals surface area contributed by atoms with E-state index in [1.807, 2.05) is 89.0 Å². The Bertz CT molecular complexity index is 1570.